The molecule has 0 aromatic carbocycles. The van der Waals surface area contributed by atoms with Gasteiger partial charge in [-0.2, -0.15) is 9.64 Å². The molecule has 1 rings (SSSR count). The number of nitrogens with zero attached hydrogens (tertiary/aromatic N) is 2. The van der Waals surface area contributed by atoms with Crippen molar-refractivity contribution in [2.75, 3.05) is 17.6 Å². The Morgan fingerprint density at radius 1 is 1.79 bits per heavy atom. The Hall–Kier alpha value is -1.32. The molecule has 1 atom stereocenters. The molecule has 4 N–H and O–H groups in total. The number of nitrogen functional groups attached to an aromatic ring is 1. The van der Waals surface area contributed by atoms with Crippen LogP contribution in [-0.2, 0) is 0 Å². The van der Waals surface area contributed by atoms with E-state index in [-0.39, 0.29) is 11.9 Å². The normalized spacial score (nSPS) is 12.1. The second-order valence-corrected chi connectivity index (χ2v) is 3.72. The molecule has 1 aromatic heterocycles. The Balaban J connectivity index is 2.55. The summed E-state index contributed by atoms with van der Waals surface area (Å²) in [7, 11) is 0. The molecule has 14 heavy (non-hydrogen) atoms. The molecular formula is C8H12N4OS. The predicted molar refractivity (Wildman–Crippen MR) is 56.0 cm³/mol. The highest BCUT2D eigenvalue weighted by Gasteiger charge is 2.09. The summed E-state index contributed by atoms with van der Waals surface area (Å²) in [6.07, 6.45) is 0.279. The van der Waals surface area contributed by atoms with Crippen molar-refractivity contribution in [3.63, 3.8) is 0 Å². The molecule has 0 aliphatic carbocycles. The Morgan fingerprint density at radius 2 is 2.50 bits per heavy atom. The fraction of sp³-hybridized carbons (Fsp3) is 0.500. The average Bonchev–Trinajstić information content (AvgIpc) is 2.46. The van der Waals surface area contributed by atoms with Crippen molar-refractivity contribution >= 4 is 22.4 Å². The minimum absolute atomic E-state index is 0.261. The molecule has 6 heteroatoms. The summed E-state index contributed by atoms with van der Waals surface area (Å²) >= 11 is 1.16. The maximum absolute atomic E-state index is 9.02. The van der Waals surface area contributed by atoms with Crippen LogP contribution in [0.2, 0.25) is 0 Å². The van der Waals surface area contributed by atoms with E-state index in [0.717, 1.165) is 11.5 Å². The topological polar surface area (TPSA) is 95.0 Å². The number of aliphatic hydroxyl groups is 1. The third-order valence-corrected chi connectivity index (χ3v) is 2.50. The van der Waals surface area contributed by atoms with Crippen molar-refractivity contribution < 1.29 is 5.11 Å². The molecule has 1 unspecified atom stereocenters. The number of aromatic nitrogens is 1. The van der Waals surface area contributed by atoms with Crippen LogP contribution in [0.15, 0.2) is 0 Å². The number of hydrogen-bond acceptors (Lipinski definition) is 6. The number of rotatable bonds is 4. The van der Waals surface area contributed by atoms with Gasteiger partial charge in [0.2, 0.25) is 0 Å². The zero-order chi connectivity index (χ0) is 10.6. The lowest BCUT2D eigenvalue weighted by atomic mass is 10.3. The predicted octanol–water partition coefficient (Wildman–Crippen LogP) is 0.780. The van der Waals surface area contributed by atoms with E-state index in [1.54, 1.807) is 6.92 Å². The molecule has 0 amide bonds. The van der Waals surface area contributed by atoms with Gasteiger partial charge in [0.1, 0.15) is 16.6 Å². The van der Waals surface area contributed by atoms with Gasteiger partial charge in [0.15, 0.2) is 5.82 Å². The molecule has 0 spiro atoms. The number of hydrogen-bond donors (Lipinski definition) is 3. The molecule has 0 aliphatic heterocycles. The highest BCUT2D eigenvalue weighted by atomic mass is 32.1. The maximum Gasteiger partial charge on any atom is 0.157 e. The molecule has 0 saturated heterocycles. The second kappa shape index (κ2) is 4.79. The minimum atomic E-state index is -0.349. The zero-order valence-electron chi connectivity index (χ0n) is 7.82. The van der Waals surface area contributed by atoms with Gasteiger partial charge in [-0.25, -0.2) is 0 Å². The van der Waals surface area contributed by atoms with Gasteiger partial charge in [-0.15, -0.1) is 0 Å². The molecule has 76 valence electrons. The van der Waals surface area contributed by atoms with Crippen LogP contribution in [0.5, 0.6) is 0 Å². The van der Waals surface area contributed by atoms with E-state index in [9.17, 15) is 0 Å². The van der Waals surface area contributed by atoms with Gasteiger partial charge in [-0.05, 0) is 24.9 Å². The number of nitrogens with two attached hydrogens (primary N) is 1. The summed E-state index contributed by atoms with van der Waals surface area (Å²) in [5.74, 6) is 0.261. The molecule has 5 nitrogen and oxygen atoms in total. The highest BCUT2D eigenvalue weighted by Crippen LogP contribution is 2.25. The third kappa shape index (κ3) is 2.58. The van der Waals surface area contributed by atoms with Crippen molar-refractivity contribution in [1.29, 1.82) is 5.26 Å². The van der Waals surface area contributed by atoms with Gasteiger partial charge in [0, 0.05) is 6.54 Å². The van der Waals surface area contributed by atoms with Gasteiger partial charge < -0.3 is 16.2 Å². The van der Waals surface area contributed by atoms with Crippen LogP contribution in [0.4, 0.5) is 10.8 Å². The fourth-order valence-electron chi connectivity index (χ4n) is 0.926. The van der Waals surface area contributed by atoms with Crippen molar-refractivity contribution in [1.82, 2.24) is 4.37 Å². The van der Waals surface area contributed by atoms with Crippen molar-refractivity contribution in [3.05, 3.63) is 5.56 Å². The molecular weight excluding hydrogens is 200 g/mol. The van der Waals surface area contributed by atoms with Crippen LogP contribution in [0.3, 0.4) is 0 Å². The Kier molecular flexibility index (Phi) is 3.68. The summed E-state index contributed by atoms with van der Waals surface area (Å²) in [4.78, 5) is 0. The van der Waals surface area contributed by atoms with Crippen molar-refractivity contribution in [2.24, 2.45) is 0 Å². The second-order valence-electron chi connectivity index (χ2n) is 2.95. The molecule has 1 aromatic rings. The first-order valence-electron chi connectivity index (χ1n) is 4.22. The van der Waals surface area contributed by atoms with E-state index in [2.05, 4.69) is 9.69 Å². The molecule has 0 fully saturated rings. The standard InChI is InChI=1S/C8H12N4OS/c1-5(13)2-3-11-8-6(4-9)7(10)12-14-8/h5,11,13H,2-3H2,1H3,(H2,10,12). The summed E-state index contributed by atoms with van der Waals surface area (Å²) in [6.45, 7) is 2.32. The summed E-state index contributed by atoms with van der Waals surface area (Å²) in [6, 6.07) is 1.98. The van der Waals surface area contributed by atoms with E-state index in [0.29, 0.717) is 23.5 Å². The first-order chi connectivity index (χ1) is 6.65. The van der Waals surface area contributed by atoms with E-state index >= 15 is 0 Å². The lowest BCUT2D eigenvalue weighted by Crippen LogP contribution is -2.09. The summed E-state index contributed by atoms with van der Waals surface area (Å²) < 4.78 is 3.86. The monoisotopic (exact) mass is 212 g/mol. The SMILES string of the molecule is CC(O)CCNc1snc(N)c1C#N. The lowest BCUT2D eigenvalue weighted by molar-refractivity contribution is 0.189. The van der Waals surface area contributed by atoms with Crippen LogP contribution < -0.4 is 11.1 Å². The zero-order valence-corrected chi connectivity index (χ0v) is 8.64. The van der Waals surface area contributed by atoms with Crippen LogP contribution >= 0.6 is 11.5 Å². The van der Waals surface area contributed by atoms with Gasteiger partial charge >= 0.3 is 0 Å². The first-order valence-corrected chi connectivity index (χ1v) is 4.99. The van der Waals surface area contributed by atoms with Crippen molar-refractivity contribution in [2.45, 2.75) is 19.4 Å². The van der Waals surface area contributed by atoms with Gasteiger partial charge in [0.05, 0.1) is 6.10 Å². The number of aliphatic hydroxyl groups excluding tert-OH is 1. The van der Waals surface area contributed by atoms with E-state index < -0.39 is 0 Å². The summed E-state index contributed by atoms with van der Waals surface area (Å²) in [5, 5.41) is 21.4. The largest absolute Gasteiger partial charge is 0.393 e. The Morgan fingerprint density at radius 3 is 3.07 bits per heavy atom. The Labute approximate surface area is 86.3 Å². The van der Waals surface area contributed by atoms with E-state index in [1.807, 2.05) is 6.07 Å². The Bertz CT molecular complexity index is 342. The highest BCUT2D eigenvalue weighted by molar-refractivity contribution is 7.10. The van der Waals surface area contributed by atoms with Gasteiger partial charge in [-0.1, -0.05) is 0 Å². The number of anilines is 2. The molecule has 1 heterocycles. The molecule has 0 radical (unpaired) electrons. The number of nitrogens with one attached hydrogen (secondary N) is 1. The van der Waals surface area contributed by atoms with E-state index in [1.165, 1.54) is 0 Å². The fourth-order valence-corrected chi connectivity index (χ4v) is 1.61. The van der Waals surface area contributed by atoms with Crippen molar-refractivity contribution in [3.8, 4) is 6.07 Å². The van der Waals surface area contributed by atoms with Crippen LogP contribution in [0.1, 0.15) is 18.9 Å². The lowest BCUT2D eigenvalue weighted by Gasteiger charge is -2.05. The van der Waals surface area contributed by atoms with Crippen LogP contribution in [0.25, 0.3) is 0 Å². The van der Waals surface area contributed by atoms with Gasteiger partial charge in [-0.3, -0.25) is 0 Å². The minimum Gasteiger partial charge on any atom is -0.393 e. The molecule has 0 bridgehead atoms. The molecule has 0 saturated carbocycles. The van der Waals surface area contributed by atoms with Crippen LogP contribution in [0, 0.1) is 11.3 Å². The number of nitriles is 1. The van der Waals surface area contributed by atoms with Crippen LogP contribution in [-0.4, -0.2) is 22.1 Å². The molecule has 0 aliphatic rings. The quantitative estimate of drug-likeness (QED) is 0.685. The van der Waals surface area contributed by atoms with Gasteiger partial charge in [0.25, 0.3) is 0 Å². The first kappa shape index (κ1) is 10.8. The summed E-state index contributed by atoms with van der Waals surface area (Å²) in [5.41, 5.74) is 5.86. The third-order valence-electron chi connectivity index (χ3n) is 1.68. The van der Waals surface area contributed by atoms with E-state index in [4.69, 9.17) is 16.1 Å². The smallest absolute Gasteiger partial charge is 0.157 e. The maximum atomic E-state index is 9.02. The average molecular weight is 212 g/mol.